The maximum atomic E-state index is 12.5. The van der Waals surface area contributed by atoms with Gasteiger partial charge in [-0.3, -0.25) is 9.59 Å². The maximum absolute atomic E-state index is 12.5. The molecular weight excluding hydrogens is 362 g/mol. The number of aliphatic hydroxyl groups is 1. The third-order valence-electron chi connectivity index (χ3n) is 3.81. The minimum absolute atomic E-state index is 0.155. The van der Waals surface area contributed by atoms with Crippen LogP contribution in [-0.4, -0.2) is 60.5 Å². The second-order valence-electron chi connectivity index (χ2n) is 5.65. The lowest BCUT2D eigenvalue weighted by Gasteiger charge is -2.22. The number of tetrazole rings is 1. The summed E-state index contributed by atoms with van der Waals surface area (Å²) in [5, 5.41) is 28.6. The van der Waals surface area contributed by atoms with Crippen LogP contribution in [0.2, 0.25) is 5.02 Å². The molecular formula is C15H16ClN7O3. The maximum Gasteiger partial charge on any atom is 0.271 e. The first-order valence-electron chi connectivity index (χ1n) is 7.80. The SMILES string of the molecule is C[C@@H](O)C(=O)N1N=CC[C@H]1C(=O)NCc1cc(Cl)ccc1-n1cnnn1. The molecule has 0 unspecified atom stereocenters. The molecule has 3 rings (SSSR count). The van der Waals surface area contributed by atoms with E-state index in [0.29, 0.717) is 16.3 Å². The topological polar surface area (TPSA) is 126 Å². The number of nitrogens with one attached hydrogen (secondary N) is 1. The van der Waals surface area contributed by atoms with E-state index in [1.807, 2.05) is 0 Å². The molecule has 1 aromatic heterocycles. The third kappa shape index (κ3) is 3.70. The highest BCUT2D eigenvalue weighted by molar-refractivity contribution is 6.30. The van der Waals surface area contributed by atoms with Gasteiger partial charge in [0.05, 0.1) is 5.69 Å². The highest BCUT2D eigenvalue weighted by Gasteiger charge is 2.34. The van der Waals surface area contributed by atoms with Gasteiger partial charge in [-0.25, -0.2) is 9.69 Å². The van der Waals surface area contributed by atoms with Crippen molar-refractivity contribution in [2.75, 3.05) is 0 Å². The van der Waals surface area contributed by atoms with Crippen molar-refractivity contribution in [1.29, 1.82) is 0 Å². The molecule has 26 heavy (non-hydrogen) atoms. The normalized spacial score (nSPS) is 17.3. The van der Waals surface area contributed by atoms with E-state index in [4.69, 9.17) is 11.6 Å². The number of carbonyl (C=O) groups is 2. The molecule has 0 fully saturated rings. The molecule has 1 aliphatic rings. The van der Waals surface area contributed by atoms with Crippen LogP contribution in [0.15, 0.2) is 29.6 Å². The molecule has 1 aromatic carbocycles. The largest absolute Gasteiger partial charge is 0.383 e. The number of rotatable bonds is 5. The summed E-state index contributed by atoms with van der Waals surface area (Å²) in [7, 11) is 0. The number of hydrazone groups is 1. The van der Waals surface area contributed by atoms with Gasteiger partial charge in [-0.05, 0) is 41.1 Å². The minimum atomic E-state index is -1.24. The number of carbonyl (C=O) groups excluding carboxylic acids is 2. The summed E-state index contributed by atoms with van der Waals surface area (Å²) in [4.78, 5) is 24.4. The second kappa shape index (κ2) is 7.58. The number of benzene rings is 1. The van der Waals surface area contributed by atoms with Crippen molar-refractivity contribution < 1.29 is 14.7 Å². The highest BCUT2D eigenvalue weighted by atomic mass is 35.5. The summed E-state index contributed by atoms with van der Waals surface area (Å²) < 4.78 is 1.46. The molecule has 11 heteroatoms. The molecule has 136 valence electrons. The molecule has 2 atom stereocenters. The molecule has 0 radical (unpaired) electrons. The number of aliphatic hydroxyl groups excluding tert-OH is 1. The first kappa shape index (κ1) is 18.0. The quantitative estimate of drug-likeness (QED) is 0.749. The van der Waals surface area contributed by atoms with Crippen LogP contribution in [-0.2, 0) is 16.1 Å². The molecule has 0 spiro atoms. The van der Waals surface area contributed by atoms with E-state index in [1.54, 1.807) is 18.2 Å². The molecule has 1 aliphatic heterocycles. The Morgan fingerprint density at radius 2 is 2.27 bits per heavy atom. The zero-order valence-corrected chi connectivity index (χ0v) is 14.5. The van der Waals surface area contributed by atoms with Crippen molar-refractivity contribution in [3.05, 3.63) is 35.1 Å². The third-order valence-corrected chi connectivity index (χ3v) is 4.04. The van der Waals surface area contributed by atoms with Gasteiger partial charge in [-0.15, -0.1) is 5.10 Å². The predicted octanol–water partition coefficient (Wildman–Crippen LogP) is -0.101. The molecule has 0 saturated carbocycles. The monoisotopic (exact) mass is 377 g/mol. The number of aromatic nitrogens is 4. The first-order valence-corrected chi connectivity index (χ1v) is 8.18. The molecule has 0 bridgehead atoms. The fourth-order valence-electron chi connectivity index (χ4n) is 2.53. The predicted molar refractivity (Wildman–Crippen MR) is 91.4 cm³/mol. The summed E-state index contributed by atoms with van der Waals surface area (Å²) in [5.74, 6) is -1.02. The lowest BCUT2D eigenvalue weighted by atomic mass is 10.1. The summed E-state index contributed by atoms with van der Waals surface area (Å²) in [6, 6.07) is 4.33. The second-order valence-corrected chi connectivity index (χ2v) is 6.09. The number of hydrogen-bond acceptors (Lipinski definition) is 7. The Labute approximate surface area is 153 Å². The zero-order chi connectivity index (χ0) is 18.7. The zero-order valence-electron chi connectivity index (χ0n) is 13.8. The molecule has 2 amide bonds. The molecule has 2 aromatic rings. The lowest BCUT2D eigenvalue weighted by molar-refractivity contribution is -0.145. The molecule has 10 nitrogen and oxygen atoms in total. The van der Waals surface area contributed by atoms with Gasteiger partial charge in [-0.2, -0.15) is 5.10 Å². The fourth-order valence-corrected chi connectivity index (χ4v) is 2.72. The van der Waals surface area contributed by atoms with E-state index < -0.39 is 18.1 Å². The summed E-state index contributed by atoms with van der Waals surface area (Å²) in [5.41, 5.74) is 1.37. The highest BCUT2D eigenvalue weighted by Crippen LogP contribution is 2.19. The summed E-state index contributed by atoms with van der Waals surface area (Å²) in [6.07, 6.45) is 1.94. The van der Waals surface area contributed by atoms with Crippen molar-refractivity contribution in [3.63, 3.8) is 0 Å². The van der Waals surface area contributed by atoms with E-state index in [0.717, 1.165) is 5.01 Å². The van der Waals surface area contributed by atoms with Crippen LogP contribution in [0.3, 0.4) is 0 Å². The number of hydrogen-bond donors (Lipinski definition) is 2. The number of halogens is 1. The van der Waals surface area contributed by atoms with E-state index in [-0.39, 0.29) is 18.9 Å². The van der Waals surface area contributed by atoms with Crippen LogP contribution in [0.4, 0.5) is 0 Å². The van der Waals surface area contributed by atoms with Crippen molar-refractivity contribution in [3.8, 4) is 5.69 Å². The van der Waals surface area contributed by atoms with Gasteiger partial charge in [0, 0.05) is 24.2 Å². The molecule has 0 aliphatic carbocycles. The van der Waals surface area contributed by atoms with Crippen LogP contribution >= 0.6 is 11.6 Å². The minimum Gasteiger partial charge on any atom is -0.383 e. The van der Waals surface area contributed by atoms with Crippen LogP contribution in [0.5, 0.6) is 0 Å². The Kier molecular flexibility index (Phi) is 5.24. The van der Waals surface area contributed by atoms with Gasteiger partial charge < -0.3 is 10.4 Å². The average molecular weight is 378 g/mol. The van der Waals surface area contributed by atoms with Crippen LogP contribution in [0.25, 0.3) is 5.69 Å². The average Bonchev–Trinajstić information content (AvgIpc) is 3.30. The summed E-state index contributed by atoms with van der Waals surface area (Å²) >= 11 is 6.05. The Morgan fingerprint density at radius 1 is 1.46 bits per heavy atom. The van der Waals surface area contributed by atoms with E-state index >= 15 is 0 Å². The standard InChI is InChI=1S/C15H16ClN7O3/c1-9(24)15(26)23-13(4-5-19-23)14(25)17-7-10-6-11(16)2-3-12(10)22-8-18-20-21-22/h2-3,5-6,8-9,13,24H,4,7H2,1H3,(H,17,25)/t9-,13+/m1/s1. The van der Waals surface area contributed by atoms with Crippen molar-refractivity contribution in [2.45, 2.75) is 32.0 Å². The van der Waals surface area contributed by atoms with Gasteiger partial charge in [0.15, 0.2) is 0 Å². The van der Waals surface area contributed by atoms with Gasteiger partial charge in [0.2, 0.25) is 5.91 Å². The van der Waals surface area contributed by atoms with E-state index in [1.165, 1.54) is 24.1 Å². The van der Waals surface area contributed by atoms with E-state index in [2.05, 4.69) is 25.9 Å². The van der Waals surface area contributed by atoms with Crippen molar-refractivity contribution in [1.82, 2.24) is 30.5 Å². The van der Waals surface area contributed by atoms with Gasteiger partial charge in [0.1, 0.15) is 18.5 Å². The Morgan fingerprint density at radius 3 is 2.96 bits per heavy atom. The molecule has 0 saturated heterocycles. The lowest BCUT2D eigenvalue weighted by Crippen LogP contribution is -2.47. The van der Waals surface area contributed by atoms with Crippen molar-refractivity contribution in [2.24, 2.45) is 5.10 Å². The van der Waals surface area contributed by atoms with Gasteiger partial charge in [-0.1, -0.05) is 11.6 Å². The van der Waals surface area contributed by atoms with Crippen LogP contribution in [0, 0.1) is 0 Å². The Balaban J connectivity index is 1.72. The van der Waals surface area contributed by atoms with Crippen LogP contribution < -0.4 is 5.32 Å². The fraction of sp³-hybridized carbons (Fsp3) is 0.333. The molecule has 2 heterocycles. The Hall–Kier alpha value is -2.85. The molecule has 2 N–H and O–H groups in total. The van der Waals surface area contributed by atoms with Gasteiger partial charge in [0.25, 0.3) is 5.91 Å². The number of nitrogens with zero attached hydrogens (tertiary/aromatic N) is 6. The first-order chi connectivity index (χ1) is 12.5. The number of amides is 2. The Bertz CT molecular complexity index is 838. The van der Waals surface area contributed by atoms with E-state index in [9.17, 15) is 14.7 Å². The van der Waals surface area contributed by atoms with Crippen molar-refractivity contribution >= 4 is 29.6 Å². The smallest absolute Gasteiger partial charge is 0.271 e. The van der Waals surface area contributed by atoms with Crippen LogP contribution in [0.1, 0.15) is 18.9 Å². The summed E-state index contributed by atoms with van der Waals surface area (Å²) in [6.45, 7) is 1.48. The van der Waals surface area contributed by atoms with Gasteiger partial charge >= 0.3 is 0 Å².